The van der Waals surface area contributed by atoms with E-state index in [4.69, 9.17) is 9.47 Å². The van der Waals surface area contributed by atoms with Crippen molar-refractivity contribution < 1.29 is 23.9 Å². The van der Waals surface area contributed by atoms with Crippen LogP contribution in [0.1, 0.15) is 43.4 Å². The molecule has 4 aromatic carbocycles. The fourth-order valence-corrected chi connectivity index (χ4v) is 7.11. The Morgan fingerprint density at radius 1 is 0.833 bits per heavy atom. The summed E-state index contributed by atoms with van der Waals surface area (Å²) in [6.07, 6.45) is 3.82. The summed E-state index contributed by atoms with van der Waals surface area (Å²) in [7, 11) is 3.03. The molecule has 0 unspecified atom stereocenters. The van der Waals surface area contributed by atoms with Gasteiger partial charge in [0.1, 0.15) is 23.0 Å². The van der Waals surface area contributed by atoms with Crippen LogP contribution in [0.5, 0.6) is 11.5 Å². The highest BCUT2D eigenvalue weighted by molar-refractivity contribution is 6.17. The van der Waals surface area contributed by atoms with Crippen molar-refractivity contribution in [2.24, 2.45) is 5.92 Å². The maximum absolute atomic E-state index is 15.0. The molecule has 4 aromatic rings. The Bertz CT molecular complexity index is 1780. The summed E-state index contributed by atoms with van der Waals surface area (Å²) >= 11 is 0. The summed E-state index contributed by atoms with van der Waals surface area (Å²) in [5.41, 5.74) is 2.51. The summed E-state index contributed by atoms with van der Waals surface area (Å²) < 4.78 is 11.0. The van der Waals surface area contributed by atoms with Crippen LogP contribution < -0.4 is 14.8 Å². The number of hydrogen-bond acceptors (Lipinski definition) is 6. The molecule has 7 rings (SSSR count). The first-order valence-corrected chi connectivity index (χ1v) is 13.8. The van der Waals surface area contributed by atoms with Gasteiger partial charge in [0.25, 0.3) is 0 Å². The molecule has 208 valence electrons. The number of ether oxygens (including phenoxy) is 2. The molecule has 7 heteroatoms. The fourth-order valence-electron chi connectivity index (χ4n) is 7.11. The number of carbonyl (C=O) groups is 3. The van der Waals surface area contributed by atoms with Crippen LogP contribution in [0.2, 0.25) is 0 Å². The van der Waals surface area contributed by atoms with Crippen LogP contribution in [0.15, 0.2) is 103 Å². The molecule has 3 aliphatic heterocycles. The van der Waals surface area contributed by atoms with Crippen LogP contribution in [0.25, 0.3) is 6.08 Å². The van der Waals surface area contributed by atoms with E-state index in [1.165, 1.54) is 7.11 Å². The van der Waals surface area contributed by atoms with Crippen LogP contribution in [-0.2, 0) is 10.2 Å². The zero-order chi connectivity index (χ0) is 29.0. The maximum atomic E-state index is 15.0. The van der Waals surface area contributed by atoms with E-state index in [-0.39, 0.29) is 23.0 Å². The van der Waals surface area contributed by atoms with E-state index in [0.717, 1.165) is 11.1 Å². The van der Waals surface area contributed by atoms with Crippen LogP contribution >= 0.6 is 0 Å². The lowest BCUT2D eigenvalue weighted by molar-refractivity contribution is -0.122. The molecular formula is C35H28N2O5. The largest absolute Gasteiger partial charge is 0.497 e. The highest BCUT2D eigenvalue weighted by atomic mass is 16.5. The zero-order valence-electron chi connectivity index (χ0n) is 23.1. The van der Waals surface area contributed by atoms with Gasteiger partial charge in [0.2, 0.25) is 5.91 Å². The van der Waals surface area contributed by atoms with Crippen LogP contribution in [-0.4, -0.2) is 42.6 Å². The smallest absolute Gasteiger partial charge is 0.238 e. The first-order valence-electron chi connectivity index (χ1n) is 13.8. The molecule has 3 heterocycles. The summed E-state index contributed by atoms with van der Waals surface area (Å²) in [5.74, 6) is -1.14. The van der Waals surface area contributed by atoms with E-state index in [9.17, 15) is 9.59 Å². The van der Waals surface area contributed by atoms with Gasteiger partial charge in [-0.2, -0.15) is 0 Å². The second-order valence-electron chi connectivity index (χ2n) is 10.7. The minimum absolute atomic E-state index is 0.232. The Morgan fingerprint density at radius 2 is 1.57 bits per heavy atom. The van der Waals surface area contributed by atoms with Crippen molar-refractivity contribution in [3.63, 3.8) is 0 Å². The predicted octanol–water partition coefficient (Wildman–Crippen LogP) is 5.69. The lowest BCUT2D eigenvalue weighted by atomic mass is 9.62. The third-order valence-electron chi connectivity index (χ3n) is 8.85. The standard InChI is InChI=1S/C35H28N2O5/c1-41-23-16-17-25(28(20-23)42-2)32(39)29-30(31(38)22-11-4-3-5-12-22)37-19-18-21-10-6-7-13-24(21)33(37)35(29)26-14-8-9-15-27(26)36-34(35)40/h3-20,29-30,33H,1-2H3,(H,36,40)/t29-,30+,33+,35-/m0/s1. The monoisotopic (exact) mass is 556 g/mol. The number of nitrogens with zero attached hydrogens (tertiary/aromatic N) is 1. The van der Waals surface area contributed by atoms with E-state index < -0.39 is 23.4 Å². The Kier molecular flexibility index (Phi) is 5.97. The third kappa shape index (κ3) is 3.49. The molecule has 0 aliphatic carbocycles. The summed E-state index contributed by atoms with van der Waals surface area (Å²) in [6, 6.07) is 27.7. The molecule has 3 aliphatic rings. The van der Waals surface area contributed by atoms with Gasteiger partial charge in [-0.05, 0) is 41.0 Å². The van der Waals surface area contributed by atoms with Crippen LogP contribution in [0.4, 0.5) is 5.69 Å². The molecule has 4 atom stereocenters. The van der Waals surface area contributed by atoms with Crippen molar-refractivity contribution in [3.05, 3.63) is 131 Å². The van der Waals surface area contributed by atoms with E-state index in [1.54, 1.807) is 49.6 Å². The number of carbonyl (C=O) groups excluding carboxylic acids is 3. The highest BCUT2D eigenvalue weighted by Crippen LogP contribution is 2.62. The van der Waals surface area contributed by atoms with Gasteiger partial charge in [-0.25, -0.2) is 0 Å². The number of benzene rings is 4. The minimum atomic E-state index is -1.41. The number of methoxy groups -OCH3 is 2. The number of fused-ring (bicyclic) bond motifs is 6. The Hall–Kier alpha value is -5.17. The van der Waals surface area contributed by atoms with Gasteiger partial charge in [0, 0.05) is 23.5 Å². The molecule has 0 aromatic heterocycles. The molecule has 42 heavy (non-hydrogen) atoms. The first kappa shape index (κ1) is 25.8. The van der Waals surface area contributed by atoms with Crippen molar-refractivity contribution in [1.82, 2.24) is 4.90 Å². The van der Waals surface area contributed by atoms with E-state index in [1.807, 2.05) is 71.8 Å². The number of para-hydroxylation sites is 1. The first-order chi connectivity index (χ1) is 20.5. The predicted molar refractivity (Wildman–Crippen MR) is 159 cm³/mol. The van der Waals surface area contributed by atoms with Crippen molar-refractivity contribution >= 4 is 29.2 Å². The van der Waals surface area contributed by atoms with Gasteiger partial charge in [0.05, 0.1) is 31.7 Å². The molecule has 0 saturated carbocycles. The Labute approximate surface area is 243 Å². The second-order valence-corrected chi connectivity index (χ2v) is 10.7. The Morgan fingerprint density at radius 3 is 2.36 bits per heavy atom. The van der Waals surface area contributed by atoms with Crippen molar-refractivity contribution in [1.29, 1.82) is 0 Å². The number of rotatable bonds is 6. The molecule has 0 radical (unpaired) electrons. The number of hydrogen-bond donors (Lipinski definition) is 1. The van der Waals surface area contributed by atoms with Crippen molar-refractivity contribution in [3.8, 4) is 11.5 Å². The normalized spacial score (nSPS) is 23.1. The molecule has 7 nitrogen and oxygen atoms in total. The van der Waals surface area contributed by atoms with E-state index in [0.29, 0.717) is 28.3 Å². The van der Waals surface area contributed by atoms with Gasteiger partial charge >= 0.3 is 0 Å². The second kappa shape index (κ2) is 9.73. The lowest BCUT2D eigenvalue weighted by Crippen LogP contribution is -2.49. The summed E-state index contributed by atoms with van der Waals surface area (Å²) in [4.78, 5) is 46.1. The number of nitrogens with one attached hydrogen (secondary N) is 1. The van der Waals surface area contributed by atoms with Crippen LogP contribution in [0.3, 0.4) is 0 Å². The molecular weight excluding hydrogens is 528 g/mol. The van der Waals surface area contributed by atoms with E-state index in [2.05, 4.69) is 5.32 Å². The number of amides is 1. The van der Waals surface area contributed by atoms with Gasteiger partial charge in [-0.1, -0.05) is 72.8 Å². The highest BCUT2D eigenvalue weighted by Gasteiger charge is 2.70. The third-order valence-corrected chi connectivity index (χ3v) is 8.85. The molecule has 1 spiro atoms. The molecule has 1 saturated heterocycles. The van der Waals surface area contributed by atoms with Gasteiger partial charge < -0.3 is 19.7 Å². The van der Waals surface area contributed by atoms with Gasteiger partial charge in [-0.15, -0.1) is 0 Å². The maximum Gasteiger partial charge on any atom is 0.238 e. The number of Topliss-reactive ketones (excluding diaryl/α,β-unsaturated/α-hetero) is 2. The zero-order valence-corrected chi connectivity index (χ0v) is 23.1. The number of anilines is 1. The van der Waals surface area contributed by atoms with Crippen LogP contribution in [0, 0.1) is 5.92 Å². The molecule has 1 N–H and O–H groups in total. The van der Waals surface area contributed by atoms with Crippen molar-refractivity contribution in [2.45, 2.75) is 17.5 Å². The molecule has 1 amide bonds. The average Bonchev–Trinajstić information content (AvgIpc) is 3.52. The summed E-state index contributed by atoms with van der Waals surface area (Å²) in [6.45, 7) is 0. The lowest BCUT2D eigenvalue weighted by Gasteiger charge is -2.38. The van der Waals surface area contributed by atoms with E-state index >= 15 is 4.79 Å². The SMILES string of the molecule is COc1ccc(C(=O)[C@@H]2[C@H](C(=O)c3ccccc3)N3C=Cc4ccccc4[C@@H]3[C@@]23C(=O)Nc2ccccc23)c(OC)c1. The molecule has 1 fully saturated rings. The fraction of sp³-hybridized carbons (Fsp3) is 0.171. The Balaban J connectivity index is 1.54. The number of ketones is 2. The summed E-state index contributed by atoms with van der Waals surface area (Å²) in [5, 5.41) is 3.07. The molecule has 0 bridgehead atoms. The van der Waals surface area contributed by atoms with Crippen molar-refractivity contribution in [2.75, 3.05) is 19.5 Å². The van der Waals surface area contributed by atoms with Gasteiger partial charge in [0.15, 0.2) is 11.6 Å². The quantitative estimate of drug-likeness (QED) is 0.308. The van der Waals surface area contributed by atoms with Gasteiger partial charge in [-0.3, -0.25) is 14.4 Å². The topological polar surface area (TPSA) is 84.9 Å². The minimum Gasteiger partial charge on any atom is -0.497 e. The average molecular weight is 557 g/mol.